The molecule has 0 amide bonds. The predicted octanol–water partition coefficient (Wildman–Crippen LogP) is 4.67. The highest BCUT2D eigenvalue weighted by molar-refractivity contribution is 6.42. The molecule has 0 bridgehead atoms. The molecule has 1 aromatic heterocycles. The van der Waals surface area contributed by atoms with Gasteiger partial charge < -0.3 is 9.47 Å². The molecule has 0 aliphatic heterocycles. The van der Waals surface area contributed by atoms with Crippen molar-refractivity contribution in [2.45, 2.75) is 26.9 Å². The van der Waals surface area contributed by atoms with Crippen LogP contribution in [0.25, 0.3) is 0 Å². The van der Waals surface area contributed by atoms with Crippen molar-refractivity contribution >= 4 is 29.3 Å². The minimum atomic E-state index is -0.500. The molecule has 1 aromatic carbocycles. The second kappa shape index (κ2) is 7.23. The Labute approximate surface area is 145 Å². The first-order valence-corrected chi connectivity index (χ1v) is 7.80. The highest BCUT2D eigenvalue weighted by Gasteiger charge is 2.29. The first kappa shape index (κ1) is 17.6. The first-order chi connectivity index (χ1) is 10.8. The molecule has 2 aromatic rings. The van der Waals surface area contributed by atoms with Crippen molar-refractivity contribution in [2.24, 2.45) is 5.41 Å². The number of halogens is 2. The van der Waals surface area contributed by atoms with E-state index in [0.717, 1.165) is 0 Å². The van der Waals surface area contributed by atoms with Crippen LogP contribution in [0.2, 0.25) is 10.0 Å². The quantitative estimate of drug-likeness (QED) is 0.798. The maximum Gasteiger partial charge on any atom is 0.419 e. The third-order valence-corrected chi connectivity index (χ3v) is 3.96. The van der Waals surface area contributed by atoms with Gasteiger partial charge in [-0.2, -0.15) is 0 Å². The van der Waals surface area contributed by atoms with E-state index >= 15 is 0 Å². The lowest BCUT2D eigenvalue weighted by Gasteiger charge is -2.30. The van der Waals surface area contributed by atoms with Gasteiger partial charge in [0.25, 0.3) is 0 Å². The van der Waals surface area contributed by atoms with E-state index in [1.54, 1.807) is 18.2 Å². The number of carbonyl (C=O) groups is 1. The lowest BCUT2D eigenvalue weighted by molar-refractivity contribution is 0.00210. The Hall–Kier alpha value is -1.72. The van der Waals surface area contributed by atoms with E-state index in [1.807, 2.05) is 20.8 Å². The molecule has 5 nitrogen and oxygen atoms in total. The smallest absolute Gasteiger partial charge is 0.419 e. The summed E-state index contributed by atoms with van der Waals surface area (Å²) >= 11 is 11.8. The number of benzene rings is 1. The molecule has 2 rings (SSSR count). The number of nitrogens with zero attached hydrogens (tertiary/aromatic N) is 2. The van der Waals surface area contributed by atoms with Crippen LogP contribution < -0.4 is 4.74 Å². The lowest BCUT2D eigenvalue weighted by Crippen LogP contribution is -2.37. The number of imidazole rings is 1. The molecule has 0 fully saturated rings. The van der Waals surface area contributed by atoms with Crippen LogP contribution in [-0.4, -0.2) is 28.4 Å². The topological polar surface area (TPSA) is 53.4 Å². The highest BCUT2D eigenvalue weighted by Crippen LogP contribution is 2.28. The molecule has 0 aliphatic carbocycles. The van der Waals surface area contributed by atoms with Crippen molar-refractivity contribution in [3.63, 3.8) is 0 Å². The molecule has 0 radical (unpaired) electrons. The zero-order valence-electron chi connectivity index (χ0n) is 13.1. The van der Waals surface area contributed by atoms with Crippen LogP contribution >= 0.6 is 23.2 Å². The van der Waals surface area contributed by atoms with Crippen LogP contribution in [0.5, 0.6) is 5.75 Å². The van der Waals surface area contributed by atoms with Crippen molar-refractivity contribution in [3.8, 4) is 5.75 Å². The van der Waals surface area contributed by atoms with Crippen molar-refractivity contribution in [1.82, 2.24) is 9.55 Å². The molecule has 7 heteroatoms. The van der Waals surface area contributed by atoms with E-state index in [1.165, 1.54) is 23.3 Å². The first-order valence-electron chi connectivity index (χ1n) is 7.04. The summed E-state index contributed by atoms with van der Waals surface area (Å²) in [5.74, 6) is 0.562. The van der Waals surface area contributed by atoms with Gasteiger partial charge in [-0.3, -0.25) is 0 Å². The summed E-state index contributed by atoms with van der Waals surface area (Å²) in [7, 11) is 0. The van der Waals surface area contributed by atoms with E-state index in [9.17, 15) is 4.79 Å². The summed E-state index contributed by atoms with van der Waals surface area (Å²) in [4.78, 5) is 15.9. The van der Waals surface area contributed by atoms with Gasteiger partial charge in [-0.15, -0.1) is 0 Å². The van der Waals surface area contributed by atoms with Gasteiger partial charge in [0.05, 0.1) is 10.0 Å². The minimum Gasteiger partial charge on any atom is -0.490 e. The molecule has 0 saturated carbocycles. The zero-order chi connectivity index (χ0) is 17.0. The fraction of sp³-hybridized carbons (Fsp3) is 0.375. The average molecular weight is 357 g/mol. The molecule has 1 heterocycles. The van der Waals surface area contributed by atoms with Crippen LogP contribution in [0.3, 0.4) is 0 Å². The number of aromatic nitrogens is 2. The molecular formula is C16H18Cl2N2O3. The molecular weight excluding hydrogens is 339 g/mol. The SMILES string of the molecule is CC(C)(C)C(COc1ccc(Cl)c(Cl)c1)OC(=O)n1ccnc1. The summed E-state index contributed by atoms with van der Waals surface area (Å²) in [6.07, 6.45) is 3.48. The Morgan fingerprint density at radius 2 is 2.04 bits per heavy atom. The zero-order valence-corrected chi connectivity index (χ0v) is 14.6. The Kier molecular flexibility index (Phi) is 5.55. The van der Waals surface area contributed by atoms with Crippen LogP contribution in [0.15, 0.2) is 36.9 Å². The number of carbonyl (C=O) groups excluding carboxylic acids is 1. The van der Waals surface area contributed by atoms with E-state index in [4.69, 9.17) is 32.7 Å². The minimum absolute atomic E-state index is 0.196. The van der Waals surface area contributed by atoms with Gasteiger partial charge in [0.1, 0.15) is 24.8 Å². The van der Waals surface area contributed by atoms with Gasteiger partial charge in [0, 0.05) is 23.9 Å². The Balaban J connectivity index is 2.04. The maximum atomic E-state index is 12.1. The largest absolute Gasteiger partial charge is 0.490 e. The van der Waals surface area contributed by atoms with Crippen LogP contribution in [0, 0.1) is 5.41 Å². The van der Waals surface area contributed by atoms with Gasteiger partial charge in [-0.25, -0.2) is 14.3 Å². The second-order valence-corrected chi connectivity index (χ2v) is 6.91. The Bertz CT molecular complexity index is 666. The van der Waals surface area contributed by atoms with Gasteiger partial charge in [-0.1, -0.05) is 44.0 Å². The molecule has 1 unspecified atom stereocenters. The second-order valence-electron chi connectivity index (χ2n) is 6.10. The normalized spacial score (nSPS) is 12.7. The van der Waals surface area contributed by atoms with E-state index < -0.39 is 12.2 Å². The van der Waals surface area contributed by atoms with Gasteiger partial charge in [0.2, 0.25) is 0 Å². The maximum absolute atomic E-state index is 12.1. The number of ether oxygens (including phenoxy) is 2. The summed E-state index contributed by atoms with van der Waals surface area (Å²) < 4.78 is 12.5. The average Bonchev–Trinajstić information content (AvgIpc) is 3.00. The molecule has 0 spiro atoms. The Morgan fingerprint density at radius 3 is 2.61 bits per heavy atom. The summed E-state index contributed by atoms with van der Waals surface area (Å²) in [6, 6.07) is 5.00. The highest BCUT2D eigenvalue weighted by atomic mass is 35.5. The van der Waals surface area contributed by atoms with Crippen molar-refractivity contribution in [1.29, 1.82) is 0 Å². The standard InChI is InChI=1S/C16H18Cl2N2O3/c1-16(2,3)14(23-15(21)20-7-6-19-10-20)9-22-11-4-5-12(17)13(18)8-11/h4-8,10,14H,9H2,1-3H3. The molecule has 1 atom stereocenters. The fourth-order valence-electron chi connectivity index (χ4n) is 1.75. The summed E-state index contributed by atoms with van der Waals surface area (Å²) in [6.45, 7) is 6.10. The van der Waals surface area contributed by atoms with Gasteiger partial charge in [0.15, 0.2) is 0 Å². The molecule has 124 valence electrons. The third kappa shape index (κ3) is 4.88. The van der Waals surface area contributed by atoms with E-state index in [-0.39, 0.29) is 12.0 Å². The number of hydrogen-bond donors (Lipinski definition) is 0. The van der Waals surface area contributed by atoms with E-state index in [2.05, 4.69) is 4.98 Å². The number of rotatable bonds is 4. The fourth-order valence-corrected chi connectivity index (χ4v) is 2.04. The third-order valence-electron chi connectivity index (χ3n) is 3.22. The van der Waals surface area contributed by atoms with Crippen LogP contribution in [0.1, 0.15) is 20.8 Å². The summed E-state index contributed by atoms with van der Waals surface area (Å²) in [5.41, 5.74) is -0.299. The van der Waals surface area contributed by atoms with Crippen molar-refractivity contribution < 1.29 is 14.3 Å². The van der Waals surface area contributed by atoms with Crippen molar-refractivity contribution in [3.05, 3.63) is 47.0 Å². The predicted molar refractivity (Wildman–Crippen MR) is 89.3 cm³/mol. The Morgan fingerprint density at radius 1 is 1.30 bits per heavy atom. The van der Waals surface area contributed by atoms with Gasteiger partial charge in [-0.05, 0) is 12.1 Å². The molecule has 0 saturated heterocycles. The van der Waals surface area contributed by atoms with Crippen molar-refractivity contribution in [2.75, 3.05) is 6.61 Å². The summed E-state index contributed by atoms with van der Waals surface area (Å²) in [5, 5.41) is 0.866. The van der Waals surface area contributed by atoms with Crippen LogP contribution in [-0.2, 0) is 4.74 Å². The number of hydrogen-bond acceptors (Lipinski definition) is 4. The molecule has 23 heavy (non-hydrogen) atoms. The van der Waals surface area contributed by atoms with Gasteiger partial charge >= 0.3 is 6.09 Å². The monoisotopic (exact) mass is 356 g/mol. The molecule has 0 N–H and O–H groups in total. The van der Waals surface area contributed by atoms with E-state index in [0.29, 0.717) is 15.8 Å². The molecule has 0 aliphatic rings. The lowest BCUT2D eigenvalue weighted by atomic mass is 9.89. The van der Waals surface area contributed by atoms with Crippen LogP contribution in [0.4, 0.5) is 4.79 Å².